The van der Waals surface area contributed by atoms with E-state index in [1.165, 1.54) is 6.92 Å². The van der Waals surface area contributed by atoms with Crippen molar-refractivity contribution in [3.05, 3.63) is 0 Å². The lowest BCUT2D eigenvalue weighted by atomic mass is 9.75. The van der Waals surface area contributed by atoms with Gasteiger partial charge in [0.1, 0.15) is 5.60 Å². The van der Waals surface area contributed by atoms with Gasteiger partial charge >= 0.3 is 11.9 Å². The molecule has 0 saturated heterocycles. The number of unbranched alkanes of at least 4 members (excludes halogenated alkanes) is 1. The first-order valence-electron chi connectivity index (χ1n) is 12.9. The molecular formula is C26H44N2O6. The SMILES string of the molecule is CC(=O)NCCCCC(CC1(C(=O)N[C@H]2CC[C@@H](C(=O)O)CC2)CCCC1)C(=O)OC(C)(C)C. The Kier molecular flexibility index (Phi) is 10.4. The van der Waals surface area contributed by atoms with E-state index in [1.807, 2.05) is 20.8 Å². The Balaban J connectivity index is 2.04. The maximum atomic E-state index is 13.5. The number of aliphatic carboxylic acids is 1. The van der Waals surface area contributed by atoms with Gasteiger partial charge in [-0.05, 0) is 78.6 Å². The van der Waals surface area contributed by atoms with Crippen LogP contribution in [0.5, 0.6) is 0 Å². The molecule has 0 aromatic carbocycles. The van der Waals surface area contributed by atoms with E-state index in [4.69, 9.17) is 4.74 Å². The molecule has 0 bridgehead atoms. The van der Waals surface area contributed by atoms with Crippen LogP contribution < -0.4 is 10.6 Å². The van der Waals surface area contributed by atoms with Gasteiger partial charge in [-0.15, -0.1) is 0 Å². The second-order valence-corrected chi connectivity index (χ2v) is 11.3. The van der Waals surface area contributed by atoms with E-state index < -0.39 is 17.0 Å². The Morgan fingerprint density at radius 2 is 1.65 bits per heavy atom. The van der Waals surface area contributed by atoms with Gasteiger partial charge in [0.15, 0.2) is 0 Å². The minimum atomic E-state index is -0.754. The molecule has 0 aromatic rings. The Hall–Kier alpha value is -2.12. The zero-order valence-corrected chi connectivity index (χ0v) is 21.4. The van der Waals surface area contributed by atoms with E-state index in [9.17, 15) is 24.3 Å². The largest absolute Gasteiger partial charge is 0.481 e. The first kappa shape index (κ1) is 28.1. The number of nitrogens with one attached hydrogen (secondary N) is 2. The predicted octanol–water partition coefficient (Wildman–Crippen LogP) is 3.96. The number of hydrogen-bond donors (Lipinski definition) is 3. The highest BCUT2D eigenvalue weighted by atomic mass is 16.6. The summed E-state index contributed by atoms with van der Waals surface area (Å²) in [5.41, 5.74) is -1.18. The molecular weight excluding hydrogens is 436 g/mol. The highest BCUT2D eigenvalue weighted by molar-refractivity contribution is 5.84. The molecule has 2 saturated carbocycles. The summed E-state index contributed by atoms with van der Waals surface area (Å²) in [6, 6.07) is -0.00166. The highest BCUT2D eigenvalue weighted by Crippen LogP contribution is 2.45. The monoisotopic (exact) mass is 480 g/mol. The third-order valence-corrected chi connectivity index (χ3v) is 7.18. The average molecular weight is 481 g/mol. The van der Waals surface area contributed by atoms with Gasteiger partial charge < -0.3 is 20.5 Å². The van der Waals surface area contributed by atoms with Crippen LogP contribution in [0, 0.1) is 17.3 Å². The van der Waals surface area contributed by atoms with Crippen LogP contribution in [0.3, 0.4) is 0 Å². The molecule has 0 aliphatic heterocycles. The lowest BCUT2D eigenvalue weighted by Gasteiger charge is -2.35. The lowest BCUT2D eigenvalue weighted by Crippen LogP contribution is -2.47. The third kappa shape index (κ3) is 8.91. The molecule has 0 aromatic heterocycles. The fourth-order valence-corrected chi connectivity index (χ4v) is 5.34. The normalized spacial score (nSPS) is 23.1. The Morgan fingerprint density at radius 1 is 1.03 bits per heavy atom. The van der Waals surface area contributed by atoms with Gasteiger partial charge in [0, 0.05) is 19.5 Å². The zero-order valence-electron chi connectivity index (χ0n) is 21.4. The Bertz CT molecular complexity index is 715. The van der Waals surface area contributed by atoms with Crippen molar-refractivity contribution in [2.75, 3.05) is 6.54 Å². The lowest BCUT2D eigenvalue weighted by molar-refractivity contribution is -0.162. The zero-order chi connectivity index (χ0) is 25.4. The number of carbonyl (C=O) groups excluding carboxylic acids is 3. The molecule has 194 valence electrons. The molecule has 2 rings (SSSR count). The van der Waals surface area contributed by atoms with Gasteiger partial charge in [-0.3, -0.25) is 19.2 Å². The molecule has 2 amide bonds. The second-order valence-electron chi connectivity index (χ2n) is 11.3. The van der Waals surface area contributed by atoms with Gasteiger partial charge in [-0.25, -0.2) is 0 Å². The van der Waals surface area contributed by atoms with Gasteiger partial charge in [-0.1, -0.05) is 19.3 Å². The summed E-state index contributed by atoms with van der Waals surface area (Å²) in [4.78, 5) is 49.0. The van der Waals surface area contributed by atoms with Gasteiger partial charge in [0.05, 0.1) is 17.3 Å². The first-order valence-corrected chi connectivity index (χ1v) is 12.9. The first-order chi connectivity index (χ1) is 15.9. The highest BCUT2D eigenvalue weighted by Gasteiger charge is 2.45. The maximum absolute atomic E-state index is 13.5. The summed E-state index contributed by atoms with van der Waals surface area (Å²) in [7, 11) is 0. The van der Waals surface area contributed by atoms with Crippen molar-refractivity contribution in [2.45, 2.75) is 116 Å². The fraction of sp³-hybridized carbons (Fsp3) is 0.846. The van der Waals surface area contributed by atoms with Crippen LogP contribution in [-0.2, 0) is 23.9 Å². The van der Waals surface area contributed by atoms with Crippen LogP contribution in [0.4, 0.5) is 0 Å². The molecule has 8 nitrogen and oxygen atoms in total. The van der Waals surface area contributed by atoms with Gasteiger partial charge in [0.2, 0.25) is 11.8 Å². The average Bonchev–Trinajstić information content (AvgIpc) is 3.21. The molecule has 2 aliphatic rings. The van der Waals surface area contributed by atoms with E-state index >= 15 is 0 Å². The van der Waals surface area contributed by atoms with Crippen molar-refractivity contribution >= 4 is 23.8 Å². The van der Waals surface area contributed by atoms with E-state index in [-0.39, 0.29) is 35.7 Å². The molecule has 2 aliphatic carbocycles. The summed E-state index contributed by atoms with van der Waals surface area (Å²) in [5, 5.41) is 15.2. The van der Waals surface area contributed by atoms with Crippen LogP contribution in [0.2, 0.25) is 0 Å². The maximum Gasteiger partial charge on any atom is 0.309 e. The van der Waals surface area contributed by atoms with Crippen LogP contribution in [0.15, 0.2) is 0 Å². The molecule has 0 heterocycles. The van der Waals surface area contributed by atoms with E-state index in [0.717, 1.165) is 38.5 Å². The predicted molar refractivity (Wildman–Crippen MR) is 129 cm³/mol. The standard InChI is InChI=1S/C26H44N2O6/c1-18(29)27-16-8-5-9-20(23(32)34-25(2,3)4)17-26(14-6-7-15-26)24(33)28-21-12-10-19(11-13-21)22(30)31/h19-21H,5-17H2,1-4H3,(H,27,29)(H,28,33)(H,30,31)/t19-,20?,21+. The van der Waals surface area contributed by atoms with Crippen molar-refractivity contribution < 1.29 is 29.0 Å². The molecule has 0 spiro atoms. The summed E-state index contributed by atoms with van der Waals surface area (Å²) < 4.78 is 5.72. The number of amides is 2. The molecule has 34 heavy (non-hydrogen) atoms. The van der Waals surface area contributed by atoms with Crippen LogP contribution in [-0.4, -0.2) is 47.0 Å². The van der Waals surface area contributed by atoms with Crippen LogP contribution >= 0.6 is 0 Å². The van der Waals surface area contributed by atoms with Gasteiger partial charge in [0.25, 0.3) is 0 Å². The smallest absolute Gasteiger partial charge is 0.309 e. The molecule has 1 atom stereocenters. The van der Waals surface area contributed by atoms with Crippen molar-refractivity contribution in [2.24, 2.45) is 17.3 Å². The number of rotatable bonds is 11. The molecule has 8 heteroatoms. The summed E-state index contributed by atoms with van der Waals surface area (Å²) in [6.07, 6.45) is 8.59. The molecule has 3 N–H and O–H groups in total. The minimum absolute atomic E-state index is 0.00166. The topological polar surface area (TPSA) is 122 Å². The van der Waals surface area contributed by atoms with Crippen molar-refractivity contribution in [3.8, 4) is 0 Å². The number of carboxylic acids is 1. The van der Waals surface area contributed by atoms with Crippen molar-refractivity contribution in [3.63, 3.8) is 0 Å². The molecule has 1 unspecified atom stereocenters. The minimum Gasteiger partial charge on any atom is -0.481 e. The summed E-state index contributed by atoms with van der Waals surface area (Å²) in [6.45, 7) is 7.61. The number of carboxylic acid groups (broad SMARTS) is 1. The summed E-state index contributed by atoms with van der Waals surface area (Å²) >= 11 is 0. The molecule has 2 fully saturated rings. The van der Waals surface area contributed by atoms with E-state index in [0.29, 0.717) is 45.1 Å². The quantitative estimate of drug-likeness (QED) is 0.304. The van der Waals surface area contributed by atoms with Crippen molar-refractivity contribution in [1.82, 2.24) is 10.6 Å². The number of carbonyl (C=O) groups is 4. The number of hydrogen-bond acceptors (Lipinski definition) is 5. The number of esters is 1. The van der Waals surface area contributed by atoms with Crippen LogP contribution in [0.25, 0.3) is 0 Å². The van der Waals surface area contributed by atoms with Gasteiger partial charge in [-0.2, -0.15) is 0 Å². The molecule has 0 radical (unpaired) electrons. The summed E-state index contributed by atoms with van der Waals surface area (Å²) in [5.74, 6) is -1.76. The van der Waals surface area contributed by atoms with Crippen molar-refractivity contribution in [1.29, 1.82) is 0 Å². The third-order valence-electron chi connectivity index (χ3n) is 7.18. The fourth-order valence-electron chi connectivity index (χ4n) is 5.34. The Morgan fingerprint density at radius 3 is 2.18 bits per heavy atom. The van der Waals surface area contributed by atoms with E-state index in [1.54, 1.807) is 0 Å². The van der Waals surface area contributed by atoms with E-state index in [2.05, 4.69) is 10.6 Å². The Labute approximate surface area is 204 Å². The number of ether oxygens (including phenoxy) is 1. The van der Waals surface area contributed by atoms with Crippen LogP contribution in [0.1, 0.15) is 105 Å². The second kappa shape index (κ2) is 12.5.